The van der Waals surface area contributed by atoms with Crippen molar-refractivity contribution < 1.29 is 22.7 Å². The van der Waals surface area contributed by atoms with Crippen molar-refractivity contribution in [2.45, 2.75) is 32.0 Å². The zero-order chi connectivity index (χ0) is 18.7. The number of amides is 1. The van der Waals surface area contributed by atoms with E-state index in [0.29, 0.717) is 25.4 Å². The van der Waals surface area contributed by atoms with E-state index in [0.717, 1.165) is 24.2 Å². The Balaban J connectivity index is 1.69. The average Bonchev–Trinajstić information content (AvgIpc) is 2.63. The molecule has 1 aliphatic rings. The summed E-state index contributed by atoms with van der Waals surface area (Å²) in [5, 5.41) is 7.86. The number of likely N-dealkylation sites (tertiary alicyclic amines) is 1. The summed E-state index contributed by atoms with van der Waals surface area (Å²) in [6, 6.07) is 7.96. The molecule has 1 aromatic heterocycles. The van der Waals surface area contributed by atoms with E-state index in [9.17, 15) is 18.0 Å². The van der Waals surface area contributed by atoms with E-state index in [-0.39, 0.29) is 11.7 Å². The minimum Gasteiger partial charge on any atom is -0.471 e. The number of nitrogens with zero attached hydrogens (tertiary/aromatic N) is 3. The van der Waals surface area contributed by atoms with Crippen molar-refractivity contribution in [1.82, 2.24) is 15.1 Å². The van der Waals surface area contributed by atoms with Gasteiger partial charge in [0.25, 0.3) is 5.91 Å². The molecule has 1 aliphatic heterocycles. The molecule has 1 aromatic carbocycles. The smallest absolute Gasteiger partial charge is 0.416 e. The number of hydrogen-bond acceptors (Lipinski definition) is 4. The summed E-state index contributed by atoms with van der Waals surface area (Å²) in [5.74, 6) is -0.0617. The fourth-order valence-corrected chi connectivity index (χ4v) is 2.85. The number of ether oxygens (including phenoxy) is 1. The molecular formula is C18H18F3N3O2. The average molecular weight is 365 g/mol. The predicted octanol–water partition coefficient (Wildman–Crippen LogP) is 3.49. The first-order chi connectivity index (χ1) is 12.3. The highest BCUT2D eigenvalue weighted by Crippen LogP contribution is 2.30. The first kappa shape index (κ1) is 18.2. The van der Waals surface area contributed by atoms with Crippen molar-refractivity contribution in [3.05, 3.63) is 53.2 Å². The molecule has 3 rings (SSSR count). The van der Waals surface area contributed by atoms with Crippen LogP contribution in [0.3, 0.4) is 0 Å². The van der Waals surface area contributed by atoms with Gasteiger partial charge < -0.3 is 9.64 Å². The third-order valence-corrected chi connectivity index (χ3v) is 4.16. The van der Waals surface area contributed by atoms with Crippen LogP contribution in [0.25, 0.3) is 0 Å². The highest BCUT2D eigenvalue weighted by Gasteiger charge is 2.32. The number of benzene rings is 1. The summed E-state index contributed by atoms with van der Waals surface area (Å²) >= 11 is 0. The third kappa shape index (κ3) is 4.30. The molecule has 0 radical (unpaired) electrons. The lowest BCUT2D eigenvalue weighted by molar-refractivity contribution is -0.137. The maximum Gasteiger partial charge on any atom is 0.416 e. The number of rotatable bonds is 3. The molecule has 5 nitrogen and oxygen atoms in total. The Morgan fingerprint density at radius 1 is 1.23 bits per heavy atom. The van der Waals surface area contributed by atoms with Gasteiger partial charge in [0.2, 0.25) is 5.88 Å². The van der Waals surface area contributed by atoms with Crippen LogP contribution in [0.4, 0.5) is 13.2 Å². The summed E-state index contributed by atoms with van der Waals surface area (Å²) in [7, 11) is 0. The van der Waals surface area contributed by atoms with Crippen molar-refractivity contribution in [3.8, 4) is 5.88 Å². The van der Waals surface area contributed by atoms with Crippen LogP contribution < -0.4 is 4.74 Å². The van der Waals surface area contributed by atoms with Gasteiger partial charge >= 0.3 is 6.18 Å². The van der Waals surface area contributed by atoms with Crippen LogP contribution in [0.1, 0.15) is 34.5 Å². The van der Waals surface area contributed by atoms with E-state index >= 15 is 0 Å². The Kier molecular flexibility index (Phi) is 5.11. The van der Waals surface area contributed by atoms with Gasteiger partial charge in [0.15, 0.2) is 0 Å². The molecule has 1 fully saturated rings. The Bertz CT molecular complexity index is 778. The van der Waals surface area contributed by atoms with Gasteiger partial charge in [-0.1, -0.05) is 6.07 Å². The number of carbonyl (C=O) groups excluding carboxylic acids is 1. The molecule has 2 aromatic rings. The Hall–Kier alpha value is -2.64. The lowest BCUT2D eigenvalue weighted by Crippen LogP contribution is -2.44. The molecule has 1 saturated heterocycles. The van der Waals surface area contributed by atoms with Crippen molar-refractivity contribution in [2.75, 3.05) is 13.1 Å². The van der Waals surface area contributed by atoms with Crippen molar-refractivity contribution >= 4 is 5.91 Å². The molecule has 0 bridgehead atoms. The first-order valence-electron chi connectivity index (χ1n) is 8.26. The standard InChI is InChI=1S/C18H18F3N3O2/c1-12-7-8-16(23-22-12)26-15-6-3-9-24(11-15)17(25)13-4-2-5-14(10-13)18(19,20)21/h2,4-5,7-8,10,15H,3,6,9,11H2,1H3. The lowest BCUT2D eigenvalue weighted by Gasteiger charge is -2.32. The zero-order valence-electron chi connectivity index (χ0n) is 14.2. The minimum absolute atomic E-state index is 0.0237. The Labute approximate surface area is 148 Å². The Morgan fingerprint density at radius 3 is 2.73 bits per heavy atom. The molecule has 0 N–H and O–H groups in total. The van der Waals surface area contributed by atoms with Crippen LogP contribution in [0, 0.1) is 6.92 Å². The van der Waals surface area contributed by atoms with Crippen molar-refractivity contribution in [1.29, 1.82) is 0 Å². The van der Waals surface area contributed by atoms with Gasteiger partial charge in [-0.3, -0.25) is 4.79 Å². The van der Waals surface area contributed by atoms with E-state index < -0.39 is 17.6 Å². The summed E-state index contributed by atoms with van der Waals surface area (Å²) in [5.41, 5.74) is -0.0407. The van der Waals surface area contributed by atoms with Crippen LogP contribution in [0.2, 0.25) is 0 Å². The molecule has 26 heavy (non-hydrogen) atoms. The van der Waals surface area contributed by atoms with Gasteiger partial charge in [0, 0.05) is 18.2 Å². The molecule has 2 heterocycles. The van der Waals surface area contributed by atoms with Gasteiger partial charge in [-0.2, -0.15) is 18.3 Å². The zero-order valence-corrected chi connectivity index (χ0v) is 14.2. The maximum absolute atomic E-state index is 12.8. The minimum atomic E-state index is -4.48. The van der Waals surface area contributed by atoms with Crippen molar-refractivity contribution in [2.24, 2.45) is 0 Å². The number of alkyl halides is 3. The normalized spacial score (nSPS) is 17.8. The van der Waals surface area contributed by atoms with Gasteiger partial charge in [-0.05, 0) is 44.0 Å². The third-order valence-electron chi connectivity index (χ3n) is 4.16. The quantitative estimate of drug-likeness (QED) is 0.836. The summed E-state index contributed by atoms with van der Waals surface area (Å²) < 4.78 is 44.3. The first-order valence-corrected chi connectivity index (χ1v) is 8.26. The van der Waals surface area contributed by atoms with Gasteiger partial charge in [-0.15, -0.1) is 5.10 Å². The molecule has 138 valence electrons. The predicted molar refractivity (Wildman–Crippen MR) is 87.8 cm³/mol. The molecule has 0 saturated carbocycles. The summed E-state index contributed by atoms with van der Waals surface area (Å²) in [4.78, 5) is 14.1. The van der Waals surface area contributed by atoms with E-state index in [1.54, 1.807) is 12.1 Å². The highest BCUT2D eigenvalue weighted by molar-refractivity contribution is 5.94. The fraction of sp³-hybridized carbons (Fsp3) is 0.389. The number of halogens is 3. The van der Waals surface area contributed by atoms with Crippen LogP contribution in [0.5, 0.6) is 5.88 Å². The van der Waals surface area contributed by atoms with Gasteiger partial charge in [0.05, 0.1) is 17.8 Å². The van der Waals surface area contributed by atoms with E-state index in [4.69, 9.17) is 4.74 Å². The number of piperidine rings is 1. The lowest BCUT2D eigenvalue weighted by atomic mass is 10.1. The second kappa shape index (κ2) is 7.31. The second-order valence-corrected chi connectivity index (χ2v) is 6.22. The Morgan fingerprint density at radius 2 is 2.04 bits per heavy atom. The highest BCUT2D eigenvalue weighted by atomic mass is 19.4. The maximum atomic E-state index is 12.8. The topological polar surface area (TPSA) is 55.3 Å². The number of hydrogen-bond donors (Lipinski definition) is 0. The van der Waals surface area contributed by atoms with Crippen molar-refractivity contribution in [3.63, 3.8) is 0 Å². The molecule has 0 aliphatic carbocycles. The molecule has 0 spiro atoms. The van der Waals surface area contributed by atoms with E-state index in [2.05, 4.69) is 10.2 Å². The summed E-state index contributed by atoms with van der Waals surface area (Å²) in [6.45, 7) is 2.59. The number of aryl methyl sites for hydroxylation is 1. The largest absolute Gasteiger partial charge is 0.471 e. The van der Waals surface area contributed by atoms with Crippen LogP contribution in [0.15, 0.2) is 36.4 Å². The number of carbonyl (C=O) groups is 1. The number of aromatic nitrogens is 2. The molecular weight excluding hydrogens is 347 g/mol. The van der Waals surface area contributed by atoms with Crippen LogP contribution in [-0.2, 0) is 6.18 Å². The van der Waals surface area contributed by atoms with E-state index in [1.165, 1.54) is 17.0 Å². The molecule has 1 atom stereocenters. The monoisotopic (exact) mass is 365 g/mol. The van der Waals surface area contributed by atoms with Gasteiger partial charge in [0.1, 0.15) is 6.10 Å². The molecule has 1 unspecified atom stereocenters. The summed E-state index contributed by atoms with van der Waals surface area (Å²) in [6.07, 6.45) is -3.31. The SMILES string of the molecule is Cc1ccc(OC2CCCN(C(=O)c3cccc(C(F)(F)F)c3)C2)nn1. The molecule has 8 heteroatoms. The van der Waals surface area contributed by atoms with Crippen LogP contribution >= 0.6 is 0 Å². The second-order valence-electron chi connectivity index (χ2n) is 6.22. The van der Waals surface area contributed by atoms with Crippen LogP contribution in [-0.4, -0.2) is 40.2 Å². The van der Waals surface area contributed by atoms with Gasteiger partial charge in [-0.25, -0.2) is 0 Å². The fourth-order valence-electron chi connectivity index (χ4n) is 2.85. The molecule has 1 amide bonds. The van der Waals surface area contributed by atoms with E-state index in [1.807, 2.05) is 6.92 Å².